The number of ether oxygens (including phenoxy) is 2. The van der Waals surface area contributed by atoms with Crippen LogP contribution in [0.3, 0.4) is 0 Å². The molecule has 0 aromatic heterocycles. The zero-order chi connectivity index (χ0) is 14.9. The Morgan fingerprint density at radius 3 is 2.76 bits per heavy atom. The number of carbonyl (C=O) groups is 1. The normalized spacial score (nSPS) is 19.3. The number of ketones is 1. The van der Waals surface area contributed by atoms with Gasteiger partial charge in [-0.05, 0) is 56.7 Å². The molecule has 0 radical (unpaired) electrons. The highest BCUT2D eigenvalue weighted by atomic mass is 16.6. The quantitative estimate of drug-likeness (QED) is 0.795. The van der Waals surface area contributed by atoms with E-state index in [0.717, 1.165) is 50.0 Å². The smallest absolute Gasteiger partial charge is 0.162 e. The molecule has 0 N–H and O–H groups in total. The van der Waals surface area contributed by atoms with E-state index >= 15 is 0 Å². The van der Waals surface area contributed by atoms with Crippen molar-refractivity contribution in [2.24, 2.45) is 5.92 Å². The number of Topliss-reactive ketones (excluding diaryl/α,β-unsaturated/α-hetero) is 1. The molecule has 1 aromatic carbocycles. The molecule has 0 saturated heterocycles. The van der Waals surface area contributed by atoms with Crippen molar-refractivity contribution in [1.29, 1.82) is 0 Å². The molecule has 114 valence electrons. The summed E-state index contributed by atoms with van der Waals surface area (Å²) in [5.74, 6) is 2.24. The number of hydrogen-bond donors (Lipinski definition) is 0. The van der Waals surface area contributed by atoms with Crippen LogP contribution in [0.25, 0.3) is 0 Å². The molecule has 1 aliphatic carbocycles. The van der Waals surface area contributed by atoms with Gasteiger partial charge in [-0.2, -0.15) is 0 Å². The Morgan fingerprint density at radius 2 is 2.10 bits per heavy atom. The minimum Gasteiger partial charge on any atom is -0.486 e. The van der Waals surface area contributed by atoms with E-state index in [-0.39, 0.29) is 11.5 Å². The standard InChI is InChI=1S/C18H24O3/c1-3-4-15(13(2)19)7-5-14-6-8-16-17(11-14)20-12-18(21-16)9-10-18/h6,8,11,15H,3-5,7,9-10,12H2,1-2H3. The van der Waals surface area contributed by atoms with Crippen molar-refractivity contribution in [2.75, 3.05) is 6.61 Å². The molecular weight excluding hydrogens is 264 g/mol. The van der Waals surface area contributed by atoms with E-state index in [9.17, 15) is 4.79 Å². The van der Waals surface area contributed by atoms with Crippen molar-refractivity contribution in [1.82, 2.24) is 0 Å². The first kappa shape index (κ1) is 14.4. The molecule has 0 bridgehead atoms. The van der Waals surface area contributed by atoms with Crippen molar-refractivity contribution in [3.8, 4) is 11.5 Å². The molecule has 1 unspecified atom stereocenters. The first-order chi connectivity index (χ1) is 10.1. The van der Waals surface area contributed by atoms with Crippen molar-refractivity contribution < 1.29 is 14.3 Å². The Labute approximate surface area is 126 Å². The van der Waals surface area contributed by atoms with Crippen molar-refractivity contribution >= 4 is 5.78 Å². The fourth-order valence-corrected chi connectivity index (χ4v) is 3.00. The Morgan fingerprint density at radius 1 is 1.29 bits per heavy atom. The Balaban J connectivity index is 1.63. The van der Waals surface area contributed by atoms with E-state index in [4.69, 9.17) is 9.47 Å². The molecule has 3 rings (SSSR count). The zero-order valence-corrected chi connectivity index (χ0v) is 13.0. The van der Waals surface area contributed by atoms with Crippen LogP contribution in [0.15, 0.2) is 18.2 Å². The van der Waals surface area contributed by atoms with Crippen molar-refractivity contribution in [3.05, 3.63) is 23.8 Å². The molecule has 1 spiro atoms. The zero-order valence-electron chi connectivity index (χ0n) is 13.0. The fraction of sp³-hybridized carbons (Fsp3) is 0.611. The maximum atomic E-state index is 11.6. The van der Waals surface area contributed by atoms with Crippen LogP contribution in [0.5, 0.6) is 11.5 Å². The van der Waals surface area contributed by atoms with Crippen molar-refractivity contribution in [2.45, 2.75) is 58.0 Å². The second-order valence-electron chi connectivity index (χ2n) is 6.49. The van der Waals surface area contributed by atoms with Gasteiger partial charge in [-0.1, -0.05) is 19.4 Å². The lowest BCUT2D eigenvalue weighted by molar-refractivity contribution is -0.121. The van der Waals surface area contributed by atoms with Crippen LogP contribution in [0.2, 0.25) is 0 Å². The number of hydrogen-bond acceptors (Lipinski definition) is 3. The van der Waals surface area contributed by atoms with Gasteiger partial charge >= 0.3 is 0 Å². The molecule has 1 saturated carbocycles. The van der Waals surface area contributed by atoms with Crippen molar-refractivity contribution in [3.63, 3.8) is 0 Å². The summed E-state index contributed by atoms with van der Waals surface area (Å²) in [7, 11) is 0. The van der Waals surface area contributed by atoms with Crippen LogP contribution in [0.4, 0.5) is 0 Å². The Kier molecular flexibility index (Phi) is 3.92. The number of fused-ring (bicyclic) bond motifs is 1. The topological polar surface area (TPSA) is 35.5 Å². The maximum Gasteiger partial charge on any atom is 0.162 e. The molecule has 1 heterocycles. The van der Waals surface area contributed by atoms with Gasteiger partial charge in [-0.15, -0.1) is 0 Å². The van der Waals surface area contributed by atoms with Gasteiger partial charge in [0.05, 0.1) is 0 Å². The molecule has 3 nitrogen and oxygen atoms in total. The SMILES string of the molecule is CCCC(CCc1ccc2c(c1)OCC1(CC1)O2)C(C)=O. The highest BCUT2D eigenvalue weighted by Crippen LogP contribution is 2.47. The third-order valence-electron chi connectivity index (χ3n) is 4.63. The molecule has 1 aliphatic heterocycles. The van der Waals surface area contributed by atoms with E-state index in [1.165, 1.54) is 5.56 Å². The lowest BCUT2D eigenvalue weighted by atomic mass is 9.92. The Bertz CT molecular complexity index is 531. The molecular formula is C18H24O3. The van der Waals surface area contributed by atoms with E-state index in [0.29, 0.717) is 12.4 Å². The molecule has 1 fully saturated rings. The van der Waals surface area contributed by atoms with Gasteiger partial charge in [0.25, 0.3) is 0 Å². The molecule has 21 heavy (non-hydrogen) atoms. The average molecular weight is 288 g/mol. The van der Waals surface area contributed by atoms with Crippen LogP contribution < -0.4 is 9.47 Å². The molecule has 2 aliphatic rings. The largest absolute Gasteiger partial charge is 0.486 e. The second kappa shape index (κ2) is 5.70. The Hall–Kier alpha value is -1.51. The van der Waals surface area contributed by atoms with Crippen LogP contribution in [0.1, 0.15) is 51.5 Å². The fourth-order valence-electron chi connectivity index (χ4n) is 3.00. The highest BCUT2D eigenvalue weighted by Gasteiger charge is 2.49. The third-order valence-corrected chi connectivity index (χ3v) is 4.63. The summed E-state index contributed by atoms with van der Waals surface area (Å²) in [4.78, 5) is 11.6. The van der Waals surface area contributed by atoms with Crippen LogP contribution in [0, 0.1) is 5.92 Å². The molecule has 1 atom stereocenters. The predicted octanol–water partition coefficient (Wildman–Crippen LogP) is 3.93. The second-order valence-corrected chi connectivity index (χ2v) is 6.49. The summed E-state index contributed by atoms with van der Waals surface area (Å²) in [6.45, 7) is 4.52. The van der Waals surface area contributed by atoms with Gasteiger partial charge in [0.1, 0.15) is 18.0 Å². The van der Waals surface area contributed by atoms with E-state index in [1.807, 2.05) is 6.07 Å². The van der Waals surface area contributed by atoms with Gasteiger partial charge in [-0.25, -0.2) is 0 Å². The highest BCUT2D eigenvalue weighted by molar-refractivity contribution is 5.78. The third kappa shape index (κ3) is 3.22. The van der Waals surface area contributed by atoms with Gasteiger partial charge < -0.3 is 9.47 Å². The van der Waals surface area contributed by atoms with Gasteiger partial charge in [0.2, 0.25) is 0 Å². The summed E-state index contributed by atoms with van der Waals surface area (Å²) < 4.78 is 11.9. The number of benzene rings is 1. The average Bonchev–Trinajstić information content (AvgIpc) is 3.22. The number of rotatable bonds is 6. The minimum atomic E-state index is -0.0185. The van der Waals surface area contributed by atoms with Gasteiger partial charge in [0.15, 0.2) is 11.5 Å². The lowest BCUT2D eigenvalue weighted by Gasteiger charge is -2.26. The first-order valence-electron chi connectivity index (χ1n) is 8.07. The minimum absolute atomic E-state index is 0.0185. The lowest BCUT2D eigenvalue weighted by Crippen LogP contribution is -2.30. The monoisotopic (exact) mass is 288 g/mol. The number of aryl methyl sites for hydroxylation is 1. The van der Waals surface area contributed by atoms with Crippen LogP contribution >= 0.6 is 0 Å². The van der Waals surface area contributed by atoms with Gasteiger partial charge in [0, 0.05) is 5.92 Å². The van der Waals surface area contributed by atoms with E-state index in [2.05, 4.69) is 19.1 Å². The van der Waals surface area contributed by atoms with Gasteiger partial charge in [-0.3, -0.25) is 4.79 Å². The molecule has 3 heteroatoms. The molecule has 0 amide bonds. The van der Waals surface area contributed by atoms with Crippen LogP contribution in [-0.2, 0) is 11.2 Å². The summed E-state index contributed by atoms with van der Waals surface area (Å²) in [6.07, 6.45) is 6.10. The first-order valence-corrected chi connectivity index (χ1v) is 8.07. The van der Waals surface area contributed by atoms with E-state index in [1.54, 1.807) is 6.92 Å². The summed E-state index contributed by atoms with van der Waals surface area (Å²) in [5.41, 5.74) is 1.21. The molecule has 1 aromatic rings. The summed E-state index contributed by atoms with van der Waals surface area (Å²) >= 11 is 0. The number of carbonyl (C=O) groups excluding carboxylic acids is 1. The van der Waals surface area contributed by atoms with Crippen LogP contribution in [-0.4, -0.2) is 18.0 Å². The maximum absolute atomic E-state index is 11.6. The van der Waals surface area contributed by atoms with E-state index < -0.39 is 0 Å². The predicted molar refractivity (Wildman–Crippen MR) is 81.9 cm³/mol. The summed E-state index contributed by atoms with van der Waals surface area (Å²) in [6, 6.07) is 6.20. The summed E-state index contributed by atoms with van der Waals surface area (Å²) in [5, 5.41) is 0.